The molecule has 1 heterocycles. The molecule has 3 aromatic rings. The summed E-state index contributed by atoms with van der Waals surface area (Å²) in [4.78, 5) is 40.0. The molecular weight excluding hydrogens is 430 g/mol. The summed E-state index contributed by atoms with van der Waals surface area (Å²) in [7, 11) is 0. The number of nitrogens with one attached hydrogen (secondary N) is 3. The van der Waals surface area contributed by atoms with Crippen LogP contribution in [0.5, 0.6) is 0 Å². The number of rotatable bonds is 6. The highest BCUT2D eigenvalue weighted by Crippen LogP contribution is 2.29. The van der Waals surface area contributed by atoms with Crippen LogP contribution >= 0.6 is 11.6 Å². The van der Waals surface area contributed by atoms with Gasteiger partial charge >= 0.3 is 5.97 Å². The number of aromatic amines is 1. The number of H-pyrrole nitrogens is 1. The Kier molecular flexibility index (Phi) is 6.46. The number of amides is 2. The van der Waals surface area contributed by atoms with Gasteiger partial charge in [-0.2, -0.15) is 0 Å². The van der Waals surface area contributed by atoms with Crippen LogP contribution in [0.15, 0.2) is 36.4 Å². The van der Waals surface area contributed by atoms with Crippen molar-refractivity contribution in [2.24, 2.45) is 0 Å². The lowest BCUT2D eigenvalue weighted by molar-refractivity contribution is -0.126. The number of halogens is 1. The predicted molar refractivity (Wildman–Crippen MR) is 123 cm³/mol. The molecule has 0 saturated carbocycles. The Morgan fingerprint density at radius 2 is 1.91 bits per heavy atom. The first kappa shape index (κ1) is 21.9. The minimum atomic E-state index is -0.577. The molecule has 1 aliphatic carbocycles. The van der Waals surface area contributed by atoms with E-state index in [0.29, 0.717) is 16.3 Å². The van der Waals surface area contributed by atoms with Gasteiger partial charge in [0.15, 0.2) is 6.61 Å². The number of carbonyl (C=O) groups excluding carboxylic acids is 3. The zero-order valence-corrected chi connectivity index (χ0v) is 18.5. The van der Waals surface area contributed by atoms with E-state index in [2.05, 4.69) is 15.6 Å². The van der Waals surface area contributed by atoms with Crippen LogP contribution in [0.4, 0.5) is 5.69 Å². The first-order valence-electron chi connectivity index (χ1n) is 10.5. The quantitative estimate of drug-likeness (QED) is 0.492. The fraction of sp³-hybridized carbons (Fsp3) is 0.292. The molecule has 0 spiro atoms. The molecule has 8 heteroatoms. The molecule has 2 amide bonds. The van der Waals surface area contributed by atoms with Gasteiger partial charge in [-0.15, -0.1) is 0 Å². The Bertz CT molecular complexity index is 1200. The molecule has 0 fully saturated rings. The second kappa shape index (κ2) is 9.44. The van der Waals surface area contributed by atoms with E-state index in [1.165, 1.54) is 17.7 Å². The largest absolute Gasteiger partial charge is 0.452 e. The Hall–Kier alpha value is -3.32. The number of aryl methyl sites for hydroxylation is 2. The van der Waals surface area contributed by atoms with Gasteiger partial charge in [0, 0.05) is 27.3 Å². The number of ether oxygens (including phenoxy) is 1. The average molecular weight is 454 g/mol. The lowest BCUT2D eigenvalue weighted by Crippen LogP contribution is -2.35. The summed E-state index contributed by atoms with van der Waals surface area (Å²) in [5, 5.41) is 6.70. The van der Waals surface area contributed by atoms with Crippen LogP contribution in [-0.4, -0.2) is 35.9 Å². The summed E-state index contributed by atoms with van der Waals surface area (Å²) in [5.74, 6) is -1.54. The van der Waals surface area contributed by atoms with Crippen molar-refractivity contribution in [3.63, 3.8) is 0 Å². The van der Waals surface area contributed by atoms with Crippen molar-refractivity contribution in [1.29, 1.82) is 0 Å². The van der Waals surface area contributed by atoms with E-state index in [0.717, 1.165) is 35.7 Å². The molecule has 0 unspecified atom stereocenters. The number of carbonyl (C=O) groups is 3. The van der Waals surface area contributed by atoms with Crippen LogP contribution in [0.2, 0.25) is 5.02 Å². The van der Waals surface area contributed by atoms with E-state index < -0.39 is 24.4 Å². The monoisotopic (exact) mass is 453 g/mol. The van der Waals surface area contributed by atoms with Crippen LogP contribution in [0.25, 0.3) is 10.9 Å². The zero-order valence-electron chi connectivity index (χ0n) is 17.7. The number of benzene rings is 2. The van der Waals surface area contributed by atoms with E-state index >= 15 is 0 Å². The molecule has 0 radical (unpaired) electrons. The van der Waals surface area contributed by atoms with Crippen LogP contribution in [0.3, 0.4) is 0 Å². The molecule has 2 aromatic carbocycles. The molecule has 1 aliphatic rings. The lowest BCUT2D eigenvalue weighted by Gasteiger charge is -2.11. The maximum atomic E-state index is 12.4. The third-order valence-corrected chi connectivity index (χ3v) is 6.07. The van der Waals surface area contributed by atoms with Gasteiger partial charge in [-0.25, -0.2) is 4.79 Å². The predicted octanol–water partition coefficient (Wildman–Crippen LogP) is 3.92. The number of anilines is 1. The Balaban J connectivity index is 1.29. The summed E-state index contributed by atoms with van der Waals surface area (Å²) in [6.45, 7) is 1.08. The highest BCUT2D eigenvalue weighted by Gasteiger charge is 2.18. The number of hydrogen-bond acceptors (Lipinski definition) is 4. The first-order chi connectivity index (χ1) is 15.4. The first-order valence-corrected chi connectivity index (χ1v) is 10.9. The summed E-state index contributed by atoms with van der Waals surface area (Å²) in [6, 6.07) is 10.5. The SMILES string of the molecule is Cc1c(Cl)cccc1NC(=O)CNC(=O)COC(=O)c1ccc2[nH]c3c(c2c1)CCCC3. The van der Waals surface area contributed by atoms with Gasteiger partial charge < -0.3 is 20.4 Å². The van der Waals surface area contributed by atoms with Crippen molar-refractivity contribution in [2.45, 2.75) is 32.6 Å². The molecule has 0 bridgehead atoms. The van der Waals surface area contributed by atoms with Crippen LogP contribution in [0, 0.1) is 6.92 Å². The number of esters is 1. The molecule has 1 aromatic heterocycles. The second-order valence-corrected chi connectivity index (χ2v) is 8.27. The van der Waals surface area contributed by atoms with E-state index in [-0.39, 0.29) is 6.54 Å². The van der Waals surface area contributed by atoms with Gasteiger partial charge in [-0.1, -0.05) is 17.7 Å². The molecular formula is C24H24ClN3O4. The van der Waals surface area contributed by atoms with Gasteiger partial charge in [-0.05, 0) is 74.1 Å². The maximum absolute atomic E-state index is 12.4. The highest BCUT2D eigenvalue weighted by atomic mass is 35.5. The van der Waals surface area contributed by atoms with E-state index in [9.17, 15) is 14.4 Å². The lowest BCUT2D eigenvalue weighted by atomic mass is 9.95. The minimum absolute atomic E-state index is 0.246. The number of hydrogen-bond donors (Lipinski definition) is 3. The van der Waals surface area contributed by atoms with Crippen molar-refractivity contribution in [1.82, 2.24) is 10.3 Å². The molecule has 7 nitrogen and oxygen atoms in total. The summed E-state index contributed by atoms with van der Waals surface area (Å²) >= 11 is 6.04. The van der Waals surface area contributed by atoms with Crippen molar-refractivity contribution in [3.8, 4) is 0 Å². The van der Waals surface area contributed by atoms with Gasteiger partial charge in [-0.3, -0.25) is 9.59 Å². The average Bonchev–Trinajstić information content (AvgIpc) is 3.17. The molecule has 0 atom stereocenters. The van der Waals surface area contributed by atoms with E-state index in [1.54, 1.807) is 31.2 Å². The molecule has 166 valence electrons. The van der Waals surface area contributed by atoms with Crippen LogP contribution in [0.1, 0.15) is 40.0 Å². The summed E-state index contributed by atoms with van der Waals surface area (Å²) < 4.78 is 5.13. The van der Waals surface area contributed by atoms with Crippen LogP contribution in [-0.2, 0) is 27.2 Å². The Morgan fingerprint density at radius 3 is 2.75 bits per heavy atom. The summed E-state index contributed by atoms with van der Waals surface area (Å²) in [6.07, 6.45) is 4.32. The fourth-order valence-corrected chi connectivity index (χ4v) is 4.09. The van der Waals surface area contributed by atoms with Gasteiger partial charge in [0.1, 0.15) is 0 Å². The van der Waals surface area contributed by atoms with Crippen molar-refractivity contribution in [3.05, 3.63) is 63.8 Å². The van der Waals surface area contributed by atoms with Crippen molar-refractivity contribution < 1.29 is 19.1 Å². The van der Waals surface area contributed by atoms with Crippen molar-refractivity contribution >= 4 is 46.0 Å². The number of aromatic nitrogens is 1. The van der Waals surface area contributed by atoms with Gasteiger partial charge in [0.2, 0.25) is 5.91 Å². The molecule has 0 aliphatic heterocycles. The Morgan fingerprint density at radius 1 is 1.09 bits per heavy atom. The van der Waals surface area contributed by atoms with Gasteiger partial charge in [0.05, 0.1) is 12.1 Å². The Labute approximate surface area is 190 Å². The third-order valence-electron chi connectivity index (χ3n) is 5.66. The van der Waals surface area contributed by atoms with Crippen LogP contribution < -0.4 is 10.6 Å². The standard InChI is InChI=1S/C24H24ClN3O4/c1-14-18(25)6-4-8-19(14)28-22(29)12-26-23(30)13-32-24(31)15-9-10-21-17(11-15)16-5-2-3-7-20(16)27-21/h4,6,8-11,27H,2-3,5,7,12-13H2,1H3,(H,26,30)(H,28,29). The molecule has 3 N–H and O–H groups in total. The third kappa shape index (κ3) is 4.78. The smallest absolute Gasteiger partial charge is 0.338 e. The van der Waals surface area contributed by atoms with Crippen molar-refractivity contribution in [2.75, 3.05) is 18.5 Å². The zero-order chi connectivity index (χ0) is 22.7. The maximum Gasteiger partial charge on any atom is 0.338 e. The topological polar surface area (TPSA) is 100 Å². The second-order valence-electron chi connectivity index (χ2n) is 7.86. The molecule has 0 saturated heterocycles. The van der Waals surface area contributed by atoms with Gasteiger partial charge in [0.25, 0.3) is 5.91 Å². The fourth-order valence-electron chi connectivity index (χ4n) is 3.91. The highest BCUT2D eigenvalue weighted by molar-refractivity contribution is 6.31. The van der Waals surface area contributed by atoms with E-state index in [1.807, 2.05) is 12.1 Å². The minimum Gasteiger partial charge on any atom is -0.452 e. The molecule has 32 heavy (non-hydrogen) atoms. The number of fused-ring (bicyclic) bond motifs is 3. The van der Waals surface area contributed by atoms with E-state index in [4.69, 9.17) is 16.3 Å². The molecule has 4 rings (SSSR count). The summed E-state index contributed by atoms with van der Waals surface area (Å²) in [5.41, 5.74) is 5.22. The normalized spacial score (nSPS) is 12.8.